The third kappa shape index (κ3) is 3.08. The van der Waals surface area contributed by atoms with E-state index < -0.39 is 12.1 Å². The standard InChI is InChI=1S/C16H17N3O4/c1-9(14(20)17-10-7-8-10)23-16(22)13-11-5-3-4-6-12(11)15(21)19(2)18-13/h3-6,9-10H,7-8H2,1-2H3,(H,17,20). The van der Waals surface area contributed by atoms with Gasteiger partial charge in [-0.3, -0.25) is 9.59 Å². The number of rotatable bonds is 4. The van der Waals surface area contributed by atoms with E-state index in [-0.39, 0.29) is 23.2 Å². The Morgan fingerprint density at radius 1 is 1.30 bits per heavy atom. The average Bonchev–Trinajstić information content (AvgIpc) is 3.34. The van der Waals surface area contributed by atoms with Gasteiger partial charge in [0.2, 0.25) is 0 Å². The summed E-state index contributed by atoms with van der Waals surface area (Å²) in [6.07, 6.45) is 1.000. The molecule has 0 bridgehead atoms. The van der Waals surface area contributed by atoms with Crippen LogP contribution in [0.2, 0.25) is 0 Å². The summed E-state index contributed by atoms with van der Waals surface area (Å²) in [6, 6.07) is 6.88. The van der Waals surface area contributed by atoms with Crippen molar-refractivity contribution in [3.63, 3.8) is 0 Å². The van der Waals surface area contributed by atoms with Gasteiger partial charge >= 0.3 is 5.97 Å². The molecule has 0 spiro atoms. The van der Waals surface area contributed by atoms with Crippen LogP contribution in [0.4, 0.5) is 0 Å². The predicted octanol–water partition coefficient (Wildman–Crippen LogP) is 0.757. The Bertz CT molecular complexity index is 839. The van der Waals surface area contributed by atoms with E-state index in [0.717, 1.165) is 17.5 Å². The van der Waals surface area contributed by atoms with Gasteiger partial charge in [0.1, 0.15) is 0 Å². The first kappa shape index (κ1) is 15.2. The minimum absolute atomic E-state index is 0.0220. The summed E-state index contributed by atoms with van der Waals surface area (Å²) in [5, 5.41) is 7.55. The van der Waals surface area contributed by atoms with Gasteiger partial charge in [-0.2, -0.15) is 5.10 Å². The van der Waals surface area contributed by atoms with Gasteiger partial charge in [0.25, 0.3) is 11.5 Å². The maximum absolute atomic E-state index is 12.4. The van der Waals surface area contributed by atoms with Crippen LogP contribution in [0.15, 0.2) is 29.1 Å². The average molecular weight is 315 g/mol. The van der Waals surface area contributed by atoms with Crippen LogP contribution in [-0.2, 0) is 16.6 Å². The summed E-state index contributed by atoms with van der Waals surface area (Å²) in [5.41, 5.74) is -0.273. The molecule has 1 unspecified atom stereocenters. The second-order valence-electron chi connectivity index (χ2n) is 5.65. The minimum atomic E-state index is -0.916. The molecule has 7 nitrogen and oxygen atoms in total. The molecule has 3 rings (SSSR count). The number of ether oxygens (including phenoxy) is 1. The molecule has 0 radical (unpaired) electrons. The van der Waals surface area contributed by atoms with E-state index in [0.29, 0.717) is 10.8 Å². The lowest BCUT2D eigenvalue weighted by Crippen LogP contribution is -2.37. The zero-order valence-corrected chi connectivity index (χ0v) is 12.9. The molecule has 1 aliphatic rings. The molecule has 23 heavy (non-hydrogen) atoms. The fourth-order valence-electron chi connectivity index (χ4n) is 2.27. The van der Waals surface area contributed by atoms with E-state index in [1.165, 1.54) is 14.0 Å². The van der Waals surface area contributed by atoms with Crippen LogP contribution < -0.4 is 10.9 Å². The maximum Gasteiger partial charge on any atom is 0.360 e. The molecule has 120 valence electrons. The summed E-state index contributed by atoms with van der Waals surface area (Å²) in [7, 11) is 1.47. The van der Waals surface area contributed by atoms with Crippen molar-refractivity contribution in [1.29, 1.82) is 0 Å². The summed E-state index contributed by atoms with van der Waals surface area (Å²) < 4.78 is 6.29. The summed E-state index contributed by atoms with van der Waals surface area (Å²) >= 11 is 0. The second kappa shape index (κ2) is 5.83. The first-order chi connectivity index (χ1) is 11.0. The fraction of sp³-hybridized carbons (Fsp3) is 0.375. The quantitative estimate of drug-likeness (QED) is 0.841. The van der Waals surface area contributed by atoms with Crippen LogP contribution in [-0.4, -0.2) is 33.8 Å². The molecule has 1 amide bonds. The van der Waals surface area contributed by atoms with Crippen LogP contribution in [0.25, 0.3) is 10.8 Å². The van der Waals surface area contributed by atoms with Gasteiger partial charge in [-0.25, -0.2) is 9.48 Å². The Balaban J connectivity index is 1.87. The van der Waals surface area contributed by atoms with Gasteiger partial charge in [0.05, 0.1) is 5.39 Å². The molecular formula is C16H17N3O4. The van der Waals surface area contributed by atoms with Crippen LogP contribution >= 0.6 is 0 Å². The summed E-state index contributed by atoms with van der Waals surface area (Å²) in [4.78, 5) is 36.3. The van der Waals surface area contributed by atoms with Gasteiger partial charge < -0.3 is 10.1 Å². The van der Waals surface area contributed by atoms with Crippen molar-refractivity contribution in [3.05, 3.63) is 40.3 Å². The third-order valence-corrected chi connectivity index (χ3v) is 3.73. The number of aryl methyl sites for hydroxylation is 1. The lowest BCUT2D eigenvalue weighted by molar-refractivity contribution is -0.129. The summed E-state index contributed by atoms with van der Waals surface area (Å²) in [5.74, 6) is -1.05. The van der Waals surface area contributed by atoms with Gasteiger partial charge in [-0.15, -0.1) is 0 Å². The van der Waals surface area contributed by atoms with Crippen molar-refractivity contribution in [3.8, 4) is 0 Å². The fourth-order valence-corrected chi connectivity index (χ4v) is 2.27. The monoisotopic (exact) mass is 315 g/mol. The van der Waals surface area contributed by atoms with Crippen molar-refractivity contribution in [2.75, 3.05) is 0 Å². The molecule has 1 aromatic carbocycles. The molecule has 1 N–H and O–H groups in total. The normalized spacial score (nSPS) is 15.2. The smallest absolute Gasteiger partial charge is 0.360 e. The van der Waals surface area contributed by atoms with Crippen LogP contribution in [0.5, 0.6) is 0 Å². The Hall–Kier alpha value is -2.70. The van der Waals surface area contributed by atoms with E-state index in [1.54, 1.807) is 24.3 Å². The molecule has 1 fully saturated rings. The van der Waals surface area contributed by atoms with Crippen molar-refractivity contribution in [1.82, 2.24) is 15.1 Å². The van der Waals surface area contributed by atoms with E-state index in [1.807, 2.05) is 0 Å². The van der Waals surface area contributed by atoms with Gasteiger partial charge in [-0.1, -0.05) is 18.2 Å². The highest BCUT2D eigenvalue weighted by Gasteiger charge is 2.28. The summed E-state index contributed by atoms with van der Waals surface area (Å²) in [6.45, 7) is 1.51. The van der Waals surface area contributed by atoms with Gasteiger partial charge in [-0.05, 0) is 25.8 Å². The van der Waals surface area contributed by atoms with E-state index in [4.69, 9.17) is 4.74 Å². The molecule has 1 heterocycles. The highest BCUT2D eigenvalue weighted by Crippen LogP contribution is 2.19. The maximum atomic E-state index is 12.4. The van der Waals surface area contributed by atoms with Crippen molar-refractivity contribution >= 4 is 22.6 Å². The second-order valence-corrected chi connectivity index (χ2v) is 5.65. The zero-order valence-electron chi connectivity index (χ0n) is 12.9. The zero-order chi connectivity index (χ0) is 16.6. The number of amides is 1. The number of carbonyl (C=O) groups excluding carboxylic acids is 2. The molecule has 0 aliphatic heterocycles. The number of benzene rings is 1. The van der Waals surface area contributed by atoms with Crippen LogP contribution in [0, 0.1) is 0 Å². The molecule has 7 heteroatoms. The lowest BCUT2D eigenvalue weighted by Gasteiger charge is -2.14. The van der Waals surface area contributed by atoms with Crippen LogP contribution in [0.3, 0.4) is 0 Å². The number of hydrogen-bond acceptors (Lipinski definition) is 5. The molecule has 1 atom stereocenters. The molecule has 0 saturated heterocycles. The molecule has 1 aliphatic carbocycles. The van der Waals surface area contributed by atoms with E-state index in [9.17, 15) is 14.4 Å². The highest BCUT2D eigenvalue weighted by molar-refractivity contribution is 6.02. The molecular weight excluding hydrogens is 298 g/mol. The van der Waals surface area contributed by atoms with Gasteiger partial charge in [0, 0.05) is 18.5 Å². The molecule has 1 aromatic heterocycles. The number of fused-ring (bicyclic) bond motifs is 1. The third-order valence-electron chi connectivity index (χ3n) is 3.73. The minimum Gasteiger partial charge on any atom is -0.448 e. The number of nitrogens with one attached hydrogen (secondary N) is 1. The SMILES string of the molecule is CC(OC(=O)c1nn(C)c(=O)c2ccccc12)C(=O)NC1CC1. The van der Waals surface area contributed by atoms with E-state index >= 15 is 0 Å². The Labute approximate surface area is 132 Å². The Kier molecular flexibility index (Phi) is 3.85. The lowest BCUT2D eigenvalue weighted by atomic mass is 10.1. The highest BCUT2D eigenvalue weighted by atomic mass is 16.5. The molecule has 2 aromatic rings. The number of nitrogens with zero attached hydrogens (tertiary/aromatic N) is 2. The van der Waals surface area contributed by atoms with Crippen molar-refractivity contribution in [2.24, 2.45) is 7.05 Å². The van der Waals surface area contributed by atoms with E-state index in [2.05, 4.69) is 10.4 Å². The number of esters is 1. The number of aromatic nitrogens is 2. The number of hydrogen-bond donors (Lipinski definition) is 1. The van der Waals surface area contributed by atoms with Gasteiger partial charge in [0.15, 0.2) is 11.8 Å². The first-order valence-electron chi connectivity index (χ1n) is 7.45. The Morgan fingerprint density at radius 2 is 1.96 bits per heavy atom. The van der Waals surface area contributed by atoms with Crippen LogP contribution in [0.1, 0.15) is 30.3 Å². The largest absolute Gasteiger partial charge is 0.448 e. The predicted molar refractivity (Wildman–Crippen MR) is 83.0 cm³/mol. The molecule has 1 saturated carbocycles. The topological polar surface area (TPSA) is 90.3 Å². The first-order valence-corrected chi connectivity index (χ1v) is 7.45. The van der Waals surface area contributed by atoms with Crippen molar-refractivity contribution in [2.45, 2.75) is 31.9 Å². The number of carbonyl (C=O) groups is 2. The van der Waals surface area contributed by atoms with Crippen molar-refractivity contribution < 1.29 is 14.3 Å². The Morgan fingerprint density at radius 3 is 2.61 bits per heavy atom.